The van der Waals surface area contributed by atoms with Gasteiger partial charge in [-0.15, -0.1) is 11.3 Å². The summed E-state index contributed by atoms with van der Waals surface area (Å²) in [6.45, 7) is 2.11. The molecule has 0 fully saturated rings. The molecule has 0 saturated carbocycles. The number of nitrogens with zero attached hydrogens (tertiary/aromatic N) is 2. The summed E-state index contributed by atoms with van der Waals surface area (Å²) in [5.74, 6) is 0. The number of carbonyl (C=O) groups excluding carboxylic acids is 1. The van der Waals surface area contributed by atoms with Crippen LogP contribution in [0.3, 0.4) is 0 Å². The lowest BCUT2D eigenvalue weighted by molar-refractivity contribution is 0.111. The number of carbonyl (C=O) groups is 1. The van der Waals surface area contributed by atoms with E-state index in [-0.39, 0.29) is 0 Å². The summed E-state index contributed by atoms with van der Waals surface area (Å²) < 4.78 is 1.85. The Kier molecular flexibility index (Phi) is 2.14. The lowest BCUT2D eigenvalue weighted by atomic mass is 10.2. The minimum Gasteiger partial charge on any atom is -0.296 e. The third kappa shape index (κ3) is 1.27. The van der Waals surface area contributed by atoms with Crippen molar-refractivity contribution in [3.05, 3.63) is 23.1 Å². The van der Waals surface area contributed by atoms with E-state index in [1.807, 2.05) is 4.40 Å². The minimum absolute atomic E-state index is 0.763. The Morgan fingerprint density at radius 2 is 2.54 bits per heavy atom. The van der Waals surface area contributed by atoms with Gasteiger partial charge in [0.25, 0.3) is 0 Å². The quantitative estimate of drug-likeness (QED) is 0.702. The maximum Gasteiger partial charge on any atom is 0.167 e. The van der Waals surface area contributed by atoms with Crippen molar-refractivity contribution < 1.29 is 4.79 Å². The van der Waals surface area contributed by atoms with E-state index >= 15 is 0 Å². The third-order valence-corrected chi connectivity index (χ3v) is 3.14. The zero-order chi connectivity index (χ0) is 9.26. The number of thiazole rings is 1. The lowest BCUT2D eigenvalue weighted by Gasteiger charge is -1.93. The molecule has 0 aliphatic rings. The molecule has 68 valence electrons. The largest absolute Gasteiger partial charge is 0.296 e. The van der Waals surface area contributed by atoms with Crippen LogP contribution in [0.4, 0.5) is 0 Å². The molecule has 0 aromatic carbocycles. The van der Waals surface area contributed by atoms with Gasteiger partial charge in [-0.25, -0.2) is 4.98 Å². The number of imidazole rings is 1. The van der Waals surface area contributed by atoms with Gasteiger partial charge < -0.3 is 0 Å². The van der Waals surface area contributed by atoms with E-state index in [0.717, 1.165) is 34.5 Å². The van der Waals surface area contributed by atoms with Gasteiger partial charge in [-0.2, -0.15) is 0 Å². The smallest absolute Gasteiger partial charge is 0.167 e. The molecule has 13 heavy (non-hydrogen) atoms. The molecule has 0 radical (unpaired) electrons. The summed E-state index contributed by atoms with van der Waals surface area (Å²) in [7, 11) is 0. The standard InChI is InChI=1S/C9H10N2OS/c1-2-3-8-7(5-12)11-6-10-4-9(11)13-8/h4-6H,2-3H2,1H3. The molecule has 0 saturated heterocycles. The van der Waals surface area contributed by atoms with Crippen molar-refractivity contribution >= 4 is 22.5 Å². The van der Waals surface area contributed by atoms with Crippen molar-refractivity contribution in [1.29, 1.82) is 0 Å². The normalized spacial score (nSPS) is 10.8. The maximum atomic E-state index is 10.8. The topological polar surface area (TPSA) is 34.4 Å². The van der Waals surface area contributed by atoms with Crippen LogP contribution in [0.25, 0.3) is 4.83 Å². The highest BCUT2D eigenvalue weighted by Gasteiger charge is 2.09. The summed E-state index contributed by atoms with van der Waals surface area (Å²) in [6.07, 6.45) is 6.43. The number of aryl methyl sites for hydroxylation is 1. The molecule has 4 heteroatoms. The van der Waals surface area contributed by atoms with Crippen LogP contribution >= 0.6 is 11.3 Å². The van der Waals surface area contributed by atoms with Crippen LogP contribution in [0, 0.1) is 0 Å². The van der Waals surface area contributed by atoms with E-state index in [1.165, 1.54) is 0 Å². The molecule has 0 aliphatic carbocycles. The molecule has 0 unspecified atom stereocenters. The Morgan fingerprint density at radius 1 is 1.69 bits per heavy atom. The van der Waals surface area contributed by atoms with Gasteiger partial charge in [-0.05, 0) is 6.42 Å². The van der Waals surface area contributed by atoms with E-state index < -0.39 is 0 Å². The lowest BCUT2D eigenvalue weighted by Crippen LogP contribution is -1.91. The minimum atomic E-state index is 0.763. The van der Waals surface area contributed by atoms with Crippen molar-refractivity contribution in [2.75, 3.05) is 0 Å². The highest BCUT2D eigenvalue weighted by molar-refractivity contribution is 7.17. The van der Waals surface area contributed by atoms with Gasteiger partial charge in [0.15, 0.2) is 6.29 Å². The van der Waals surface area contributed by atoms with Crippen LogP contribution in [0.15, 0.2) is 12.5 Å². The predicted molar refractivity (Wildman–Crippen MR) is 52.5 cm³/mol. The van der Waals surface area contributed by atoms with Crippen LogP contribution in [-0.4, -0.2) is 15.7 Å². The molecule has 2 heterocycles. The van der Waals surface area contributed by atoms with Crippen LogP contribution in [0.1, 0.15) is 28.7 Å². The zero-order valence-electron chi connectivity index (χ0n) is 7.36. The predicted octanol–water partition coefficient (Wildman–Crippen LogP) is 2.16. The van der Waals surface area contributed by atoms with Gasteiger partial charge in [0.1, 0.15) is 16.9 Å². The number of aromatic nitrogens is 2. The Labute approximate surface area is 80.0 Å². The van der Waals surface area contributed by atoms with Crippen molar-refractivity contribution in [1.82, 2.24) is 9.38 Å². The Bertz CT molecular complexity index is 430. The fourth-order valence-corrected chi connectivity index (χ4v) is 2.55. The summed E-state index contributed by atoms with van der Waals surface area (Å²) in [6, 6.07) is 0. The summed E-state index contributed by atoms with van der Waals surface area (Å²) in [5, 5.41) is 0. The van der Waals surface area contributed by atoms with Crippen LogP contribution in [-0.2, 0) is 6.42 Å². The maximum absolute atomic E-state index is 10.8. The van der Waals surface area contributed by atoms with E-state index in [4.69, 9.17) is 0 Å². The Hall–Kier alpha value is -1.16. The van der Waals surface area contributed by atoms with Crippen LogP contribution in [0.5, 0.6) is 0 Å². The number of rotatable bonds is 3. The van der Waals surface area contributed by atoms with E-state index in [0.29, 0.717) is 0 Å². The highest BCUT2D eigenvalue weighted by Crippen LogP contribution is 2.23. The number of aldehydes is 1. The van der Waals surface area contributed by atoms with Crippen LogP contribution in [0.2, 0.25) is 0 Å². The molecule has 2 aromatic rings. The Morgan fingerprint density at radius 3 is 3.23 bits per heavy atom. The summed E-state index contributed by atoms with van der Waals surface area (Å²) in [4.78, 5) is 17.0. The van der Waals surface area contributed by atoms with Gasteiger partial charge in [-0.3, -0.25) is 9.20 Å². The van der Waals surface area contributed by atoms with Gasteiger partial charge in [0, 0.05) is 4.88 Å². The SMILES string of the molecule is CCCc1sc2cncn2c1C=O. The second kappa shape index (κ2) is 3.30. The van der Waals surface area contributed by atoms with E-state index in [9.17, 15) is 4.79 Å². The first-order valence-corrected chi connectivity index (χ1v) is 5.07. The average molecular weight is 194 g/mol. The van der Waals surface area contributed by atoms with Crippen LogP contribution < -0.4 is 0 Å². The number of hydrogen-bond acceptors (Lipinski definition) is 3. The molecule has 2 rings (SSSR count). The summed E-state index contributed by atoms with van der Waals surface area (Å²) in [5.41, 5.74) is 0.763. The molecule has 0 spiro atoms. The monoisotopic (exact) mass is 194 g/mol. The van der Waals surface area contributed by atoms with Gasteiger partial charge in [0.05, 0.1) is 6.20 Å². The molecular weight excluding hydrogens is 184 g/mol. The van der Waals surface area contributed by atoms with Crippen molar-refractivity contribution in [3.63, 3.8) is 0 Å². The molecular formula is C9H10N2OS. The van der Waals surface area contributed by atoms with Gasteiger partial charge >= 0.3 is 0 Å². The second-order valence-electron chi connectivity index (χ2n) is 2.88. The number of hydrogen-bond donors (Lipinski definition) is 0. The first kappa shape index (κ1) is 8.44. The third-order valence-electron chi connectivity index (χ3n) is 1.97. The number of fused-ring (bicyclic) bond motifs is 1. The molecule has 0 bridgehead atoms. The van der Waals surface area contributed by atoms with Crippen molar-refractivity contribution in [2.24, 2.45) is 0 Å². The fraction of sp³-hybridized carbons (Fsp3) is 0.333. The molecule has 2 aromatic heterocycles. The molecule has 0 aliphatic heterocycles. The highest BCUT2D eigenvalue weighted by atomic mass is 32.1. The first-order chi connectivity index (χ1) is 6.36. The zero-order valence-corrected chi connectivity index (χ0v) is 8.17. The first-order valence-electron chi connectivity index (χ1n) is 4.25. The average Bonchev–Trinajstić information content (AvgIpc) is 2.64. The second-order valence-corrected chi connectivity index (χ2v) is 4.00. The van der Waals surface area contributed by atoms with Crippen molar-refractivity contribution in [2.45, 2.75) is 19.8 Å². The van der Waals surface area contributed by atoms with Gasteiger partial charge in [0.2, 0.25) is 0 Å². The molecule has 3 nitrogen and oxygen atoms in total. The molecule has 0 atom stereocenters. The summed E-state index contributed by atoms with van der Waals surface area (Å²) >= 11 is 1.65. The fourth-order valence-electron chi connectivity index (χ4n) is 1.38. The van der Waals surface area contributed by atoms with Gasteiger partial charge in [-0.1, -0.05) is 13.3 Å². The Balaban J connectivity index is 2.60. The molecule has 0 amide bonds. The molecule has 0 N–H and O–H groups in total. The van der Waals surface area contributed by atoms with E-state index in [2.05, 4.69) is 11.9 Å². The van der Waals surface area contributed by atoms with Crippen molar-refractivity contribution in [3.8, 4) is 0 Å². The van der Waals surface area contributed by atoms with E-state index in [1.54, 1.807) is 23.9 Å².